The van der Waals surface area contributed by atoms with Crippen LogP contribution in [0.1, 0.15) is 0 Å². The average molecular weight is 705 g/mol. The zero-order valence-corrected chi connectivity index (χ0v) is 29.7. The van der Waals surface area contributed by atoms with Gasteiger partial charge in [0.1, 0.15) is 16.7 Å². The number of fused-ring (bicyclic) bond motifs is 8. The molecule has 0 amide bonds. The van der Waals surface area contributed by atoms with Gasteiger partial charge in [0.25, 0.3) is 0 Å². The van der Waals surface area contributed by atoms with Gasteiger partial charge in [-0.05, 0) is 117 Å². The van der Waals surface area contributed by atoms with Crippen molar-refractivity contribution in [2.24, 2.45) is 0 Å². The zero-order chi connectivity index (χ0) is 36.3. The van der Waals surface area contributed by atoms with Gasteiger partial charge in [-0.1, -0.05) is 121 Å². The van der Waals surface area contributed by atoms with Gasteiger partial charge in [0.05, 0.1) is 5.39 Å². The highest BCUT2D eigenvalue weighted by atomic mass is 16.4. The van der Waals surface area contributed by atoms with E-state index >= 15 is 0 Å². The Labute approximate surface area is 317 Å². The van der Waals surface area contributed by atoms with Gasteiger partial charge in [-0.25, -0.2) is 4.98 Å². The van der Waals surface area contributed by atoms with E-state index in [1.807, 2.05) is 42.5 Å². The minimum absolute atomic E-state index is 0.604. The van der Waals surface area contributed by atoms with Crippen LogP contribution in [0, 0.1) is 0 Å². The molecule has 0 saturated carbocycles. The van der Waals surface area contributed by atoms with Crippen LogP contribution in [0.15, 0.2) is 203 Å². The van der Waals surface area contributed by atoms with E-state index in [0.717, 1.165) is 66.8 Å². The van der Waals surface area contributed by atoms with Crippen LogP contribution in [0.4, 0.5) is 17.1 Å². The highest BCUT2D eigenvalue weighted by molar-refractivity contribution is 6.17. The Morgan fingerprint density at radius 1 is 0.364 bits per heavy atom. The SMILES string of the molecule is c1ccc(-c2cccc(N(c3ccc(-c4ccc5c(c4)oc4ccc6nc(-c7ccccc7)oc6c45)cc3)c3ccc4c(ccc5ccccc54)c3)c2)cc1. The van der Waals surface area contributed by atoms with Crippen LogP contribution in [0.5, 0.6) is 0 Å². The van der Waals surface area contributed by atoms with Gasteiger partial charge in [0.2, 0.25) is 5.89 Å². The van der Waals surface area contributed by atoms with Gasteiger partial charge in [-0.3, -0.25) is 0 Å². The molecule has 0 aliphatic carbocycles. The molecule has 0 spiro atoms. The van der Waals surface area contributed by atoms with E-state index in [4.69, 9.17) is 13.8 Å². The molecule has 0 radical (unpaired) electrons. The van der Waals surface area contributed by atoms with Crippen molar-refractivity contribution in [3.8, 4) is 33.7 Å². The Balaban J connectivity index is 0.994. The van der Waals surface area contributed by atoms with Crippen molar-refractivity contribution in [1.82, 2.24) is 4.98 Å². The molecule has 0 bridgehead atoms. The van der Waals surface area contributed by atoms with Crippen LogP contribution in [0.3, 0.4) is 0 Å². The van der Waals surface area contributed by atoms with Crippen molar-refractivity contribution < 1.29 is 8.83 Å². The number of furan rings is 1. The average Bonchev–Trinajstić information content (AvgIpc) is 3.86. The molecular formula is C51H32N2O2. The van der Waals surface area contributed by atoms with Crippen molar-refractivity contribution in [1.29, 1.82) is 0 Å². The number of nitrogens with zero attached hydrogens (tertiary/aromatic N) is 2. The first-order valence-electron chi connectivity index (χ1n) is 18.5. The Bertz CT molecular complexity index is 3200. The Kier molecular flexibility index (Phi) is 7.14. The van der Waals surface area contributed by atoms with Gasteiger partial charge in [0, 0.05) is 28.0 Å². The van der Waals surface area contributed by atoms with Crippen LogP contribution in [0.2, 0.25) is 0 Å². The molecule has 0 unspecified atom stereocenters. The maximum absolute atomic E-state index is 6.43. The highest BCUT2D eigenvalue weighted by Gasteiger charge is 2.18. The lowest BCUT2D eigenvalue weighted by Gasteiger charge is -2.26. The van der Waals surface area contributed by atoms with E-state index in [-0.39, 0.29) is 0 Å². The zero-order valence-electron chi connectivity index (χ0n) is 29.7. The van der Waals surface area contributed by atoms with Gasteiger partial charge < -0.3 is 13.7 Å². The number of hydrogen-bond acceptors (Lipinski definition) is 4. The predicted molar refractivity (Wildman–Crippen MR) is 227 cm³/mol. The first-order valence-corrected chi connectivity index (χ1v) is 18.5. The van der Waals surface area contributed by atoms with Crippen LogP contribution in [-0.2, 0) is 0 Å². The maximum atomic E-state index is 6.43. The van der Waals surface area contributed by atoms with Gasteiger partial charge in [-0.15, -0.1) is 0 Å². The van der Waals surface area contributed by atoms with Crippen molar-refractivity contribution in [2.75, 3.05) is 4.90 Å². The minimum Gasteiger partial charge on any atom is -0.456 e. The molecule has 258 valence electrons. The second kappa shape index (κ2) is 12.6. The number of anilines is 3. The van der Waals surface area contributed by atoms with Crippen LogP contribution >= 0.6 is 0 Å². The number of aromatic nitrogens is 1. The second-order valence-corrected chi connectivity index (χ2v) is 14.0. The molecule has 9 aromatic carbocycles. The Morgan fingerprint density at radius 3 is 1.85 bits per heavy atom. The maximum Gasteiger partial charge on any atom is 0.227 e. The predicted octanol–water partition coefficient (Wildman–Crippen LogP) is 14.5. The van der Waals surface area contributed by atoms with Crippen molar-refractivity contribution in [3.63, 3.8) is 0 Å². The largest absolute Gasteiger partial charge is 0.456 e. The molecule has 0 saturated heterocycles. The molecule has 0 aliphatic rings. The summed E-state index contributed by atoms with van der Waals surface area (Å²) >= 11 is 0. The van der Waals surface area contributed by atoms with E-state index in [1.165, 1.54) is 32.7 Å². The molecule has 0 N–H and O–H groups in total. The number of benzene rings is 9. The first-order chi connectivity index (χ1) is 27.2. The summed E-state index contributed by atoms with van der Waals surface area (Å²) in [5.41, 5.74) is 11.9. The summed E-state index contributed by atoms with van der Waals surface area (Å²) in [5.74, 6) is 0.604. The summed E-state index contributed by atoms with van der Waals surface area (Å²) in [6.45, 7) is 0. The highest BCUT2D eigenvalue weighted by Crippen LogP contribution is 2.41. The summed E-state index contributed by atoms with van der Waals surface area (Å²) in [7, 11) is 0. The lowest BCUT2D eigenvalue weighted by atomic mass is 10.00. The third-order valence-corrected chi connectivity index (χ3v) is 10.7. The molecule has 4 nitrogen and oxygen atoms in total. The lowest BCUT2D eigenvalue weighted by Crippen LogP contribution is -2.10. The van der Waals surface area contributed by atoms with Gasteiger partial charge in [0.15, 0.2) is 5.58 Å². The number of oxazole rings is 1. The molecule has 0 aliphatic heterocycles. The van der Waals surface area contributed by atoms with E-state index in [9.17, 15) is 0 Å². The fourth-order valence-electron chi connectivity index (χ4n) is 7.97. The summed E-state index contributed by atoms with van der Waals surface area (Å²) < 4.78 is 12.8. The molecular weight excluding hydrogens is 673 g/mol. The standard InChI is InChI=1S/C51H32N2O2/c1-3-10-33(11-4-1)37-15-9-16-41(30-37)53(42-25-27-44-39(31-42)19-18-35-12-7-8-17-43(35)44)40-23-20-34(21-24-40)38-22-26-45-48(32-38)54-47-29-28-46-50(49(45)47)55-51(52-46)36-13-5-2-6-14-36/h1-32H. The molecule has 4 heteroatoms. The minimum atomic E-state index is 0.604. The van der Waals surface area contributed by atoms with Crippen molar-refractivity contribution >= 4 is 71.6 Å². The molecule has 2 heterocycles. The normalized spacial score (nSPS) is 11.6. The van der Waals surface area contributed by atoms with Crippen molar-refractivity contribution in [3.05, 3.63) is 194 Å². The number of rotatable bonds is 6. The van der Waals surface area contributed by atoms with E-state index in [2.05, 4.69) is 157 Å². The Morgan fingerprint density at radius 2 is 1.00 bits per heavy atom. The molecule has 11 rings (SSSR count). The topological polar surface area (TPSA) is 42.4 Å². The van der Waals surface area contributed by atoms with E-state index in [0.29, 0.717) is 5.89 Å². The quantitative estimate of drug-likeness (QED) is 0.162. The van der Waals surface area contributed by atoms with Gasteiger partial charge in [-0.2, -0.15) is 0 Å². The summed E-state index contributed by atoms with van der Waals surface area (Å²) in [5, 5.41) is 6.91. The third kappa shape index (κ3) is 5.34. The van der Waals surface area contributed by atoms with Crippen LogP contribution in [0.25, 0.3) is 88.3 Å². The molecule has 0 fully saturated rings. The Hall–Kier alpha value is -7.43. The number of hydrogen-bond donors (Lipinski definition) is 0. The van der Waals surface area contributed by atoms with Gasteiger partial charge >= 0.3 is 0 Å². The summed E-state index contributed by atoms with van der Waals surface area (Å²) in [6.07, 6.45) is 0. The molecule has 11 aromatic rings. The van der Waals surface area contributed by atoms with E-state index in [1.54, 1.807) is 0 Å². The first kappa shape index (κ1) is 31.1. The fourth-order valence-corrected chi connectivity index (χ4v) is 7.97. The third-order valence-electron chi connectivity index (χ3n) is 10.7. The van der Waals surface area contributed by atoms with Crippen LogP contribution in [-0.4, -0.2) is 4.98 Å². The summed E-state index contributed by atoms with van der Waals surface area (Å²) in [4.78, 5) is 7.13. The second-order valence-electron chi connectivity index (χ2n) is 14.0. The fraction of sp³-hybridized carbons (Fsp3) is 0. The lowest BCUT2D eigenvalue weighted by molar-refractivity contribution is 0.622. The molecule has 2 aromatic heterocycles. The monoisotopic (exact) mass is 704 g/mol. The van der Waals surface area contributed by atoms with Crippen LogP contribution < -0.4 is 4.90 Å². The van der Waals surface area contributed by atoms with E-state index < -0.39 is 0 Å². The van der Waals surface area contributed by atoms with Crippen molar-refractivity contribution in [2.45, 2.75) is 0 Å². The smallest absolute Gasteiger partial charge is 0.227 e. The summed E-state index contributed by atoms with van der Waals surface area (Å²) in [6, 6.07) is 68.4. The molecule has 0 atom stereocenters. The molecule has 55 heavy (non-hydrogen) atoms.